The van der Waals surface area contributed by atoms with E-state index in [0.29, 0.717) is 6.04 Å². The number of aryl methyl sites for hydroxylation is 1. The van der Waals surface area contributed by atoms with E-state index in [4.69, 9.17) is 0 Å². The molecule has 4 heteroatoms. The van der Waals surface area contributed by atoms with Crippen molar-refractivity contribution in [1.29, 1.82) is 0 Å². The van der Waals surface area contributed by atoms with Crippen LogP contribution in [0, 0.1) is 18.8 Å². The molecule has 0 amide bonds. The van der Waals surface area contributed by atoms with Gasteiger partial charge in [-0.25, -0.2) is 4.98 Å². The maximum atomic E-state index is 4.41. The van der Waals surface area contributed by atoms with Crippen LogP contribution >= 0.6 is 15.9 Å². The van der Waals surface area contributed by atoms with Crippen LogP contribution in [0.3, 0.4) is 0 Å². The lowest BCUT2D eigenvalue weighted by atomic mass is 10.3. The van der Waals surface area contributed by atoms with Crippen LogP contribution < -0.4 is 10.6 Å². The predicted octanol–water partition coefficient (Wildman–Crippen LogP) is 1.78. The van der Waals surface area contributed by atoms with E-state index in [1.54, 1.807) is 0 Å². The number of anilines is 1. The molecule has 1 aliphatic heterocycles. The Hall–Kier alpha value is -0.610. The molecular formula is C11H14BrN3. The number of hydrogen-bond donors (Lipinski definition) is 2. The van der Waals surface area contributed by atoms with Gasteiger partial charge in [0.2, 0.25) is 0 Å². The van der Waals surface area contributed by atoms with Gasteiger partial charge < -0.3 is 10.6 Å². The van der Waals surface area contributed by atoms with Crippen LogP contribution in [0.5, 0.6) is 0 Å². The largest absolute Gasteiger partial charge is 0.366 e. The fraction of sp³-hybridized carbons (Fsp3) is 0.545. The predicted molar refractivity (Wildman–Crippen MR) is 63.9 cm³/mol. The summed E-state index contributed by atoms with van der Waals surface area (Å²) < 4.78 is 1.04. The number of pyridine rings is 1. The lowest BCUT2D eigenvalue weighted by molar-refractivity contribution is 0.695. The van der Waals surface area contributed by atoms with E-state index in [9.17, 15) is 0 Å². The highest BCUT2D eigenvalue weighted by Crippen LogP contribution is 2.43. The molecule has 2 unspecified atom stereocenters. The Kier molecular flexibility index (Phi) is 2.21. The Morgan fingerprint density at radius 3 is 2.87 bits per heavy atom. The van der Waals surface area contributed by atoms with Crippen molar-refractivity contribution in [3.8, 4) is 0 Å². The van der Waals surface area contributed by atoms with E-state index >= 15 is 0 Å². The van der Waals surface area contributed by atoms with Gasteiger partial charge in [-0.15, -0.1) is 0 Å². The molecule has 2 N–H and O–H groups in total. The number of aromatic nitrogens is 1. The molecule has 0 radical (unpaired) electrons. The van der Waals surface area contributed by atoms with Crippen molar-refractivity contribution in [3.63, 3.8) is 0 Å². The summed E-state index contributed by atoms with van der Waals surface area (Å²) in [5.41, 5.74) is 1.21. The lowest BCUT2D eigenvalue weighted by Gasteiger charge is -2.10. The van der Waals surface area contributed by atoms with Crippen LogP contribution in [-0.2, 0) is 0 Å². The second-order valence-electron chi connectivity index (χ2n) is 4.48. The van der Waals surface area contributed by atoms with Gasteiger partial charge in [-0.2, -0.15) is 0 Å². The molecule has 3 rings (SSSR count). The van der Waals surface area contributed by atoms with Crippen molar-refractivity contribution in [1.82, 2.24) is 10.3 Å². The first-order chi connectivity index (χ1) is 7.25. The Morgan fingerprint density at radius 1 is 1.47 bits per heavy atom. The zero-order valence-electron chi connectivity index (χ0n) is 8.63. The average molecular weight is 268 g/mol. The minimum atomic E-state index is 0.652. The summed E-state index contributed by atoms with van der Waals surface area (Å²) in [7, 11) is 0. The number of fused-ring (bicyclic) bond motifs is 1. The Balaban J connectivity index is 1.72. The first-order valence-corrected chi connectivity index (χ1v) is 6.14. The van der Waals surface area contributed by atoms with Crippen molar-refractivity contribution in [2.24, 2.45) is 11.8 Å². The fourth-order valence-corrected chi connectivity index (χ4v) is 2.93. The van der Waals surface area contributed by atoms with Gasteiger partial charge >= 0.3 is 0 Å². The summed E-state index contributed by atoms with van der Waals surface area (Å²) in [5.74, 6) is 2.70. The molecule has 1 saturated heterocycles. The zero-order chi connectivity index (χ0) is 10.4. The first-order valence-electron chi connectivity index (χ1n) is 5.35. The van der Waals surface area contributed by atoms with Gasteiger partial charge in [0, 0.05) is 29.8 Å². The van der Waals surface area contributed by atoms with Crippen LogP contribution in [0.1, 0.15) is 5.56 Å². The van der Waals surface area contributed by atoms with Gasteiger partial charge in [-0.3, -0.25) is 0 Å². The standard InChI is InChI=1S/C11H14BrN3/c1-6-2-7(12)3-14-11(6)15-10-8-4-13-5-9(8)10/h2-3,8-10,13H,4-5H2,1H3,(H,14,15). The van der Waals surface area contributed by atoms with E-state index in [0.717, 1.165) is 35.2 Å². The van der Waals surface area contributed by atoms with Gasteiger partial charge in [-0.1, -0.05) is 0 Å². The molecule has 2 atom stereocenters. The molecular weight excluding hydrogens is 254 g/mol. The number of piperidine rings is 1. The average Bonchev–Trinajstić information content (AvgIpc) is 2.66. The third-order valence-electron chi connectivity index (χ3n) is 3.44. The summed E-state index contributed by atoms with van der Waals surface area (Å²) in [4.78, 5) is 4.41. The Morgan fingerprint density at radius 2 is 2.20 bits per heavy atom. The van der Waals surface area contributed by atoms with E-state index in [-0.39, 0.29) is 0 Å². The van der Waals surface area contributed by atoms with Gasteiger partial charge in [0.1, 0.15) is 5.82 Å². The van der Waals surface area contributed by atoms with Crippen molar-refractivity contribution < 1.29 is 0 Å². The molecule has 0 spiro atoms. The molecule has 0 aromatic carbocycles. The molecule has 3 nitrogen and oxygen atoms in total. The van der Waals surface area contributed by atoms with Crippen molar-refractivity contribution in [2.45, 2.75) is 13.0 Å². The van der Waals surface area contributed by atoms with Crippen LogP contribution in [0.4, 0.5) is 5.82 Å². The number of halogens is 1. The smallest absolute Gasteiger partial charge is 0.129 e. The molecule has 15 heavy (non-hydrogen) atoms. The van der Waals surface area contributed by atoms with Crippen molar-refractivity contribution in [2.75, 3.05) is 18.4 Å². The molecule has 2 aliphatic rings. The van der Waals surface area contributed by atoms with E-state index in [2.05, 4.69) is 44.5 Å². The lowest BCUT2D eigenvalue weighted by Crippen LogP contribution is -2.22. The molecule has 1 aliphatic carbocycles. The highest BCUT2D eigenvalue weighted by atomic mass is 79.9. The highest BCUT2D eigenvalue weighted by Gasteiger charge is 2.53. The third kappa shape index (κ3) is 1.66. The van der Waals surface area contributed by atoms with Gasteiger partial charge in [0.25, 0.3) is 0 Å². The minimum Gasteiger partial charge on any atom is -0.366 e. The SMILES string of the molecule is Cc1cc(Br)cnc1NC1C2CNCC21. The second-order valence-corrected chi connectivity index (χ2v) is 5.39. The second kappa shape index (κ2) is 3.46. The van der Waals surface area contributed by atoms with Gasteiger partial charge in [0.05, 0.1) is 0 Å². The summed E-state index contributed by atoms with van der Waals surface area (Å²) in [6, 6.07) is 2.75. The summed E-state index contributed by atoms with van der Waals surface area (Å²) in [5, 5.41) is 6.93. The first kappa shape index (κ1) is 9.60. The molecule has 0 bridgehead atoms. The zero-order valence-corrected chi connectivity index (χ0v) is 10.2. The summed E-state index contributed by atoms with van der Waals surface area (Å²) in [6.07, 6.45) is 1.85. The van der Waals surface area contributed by atoms with Crippen molar-refractivity contribution in [3.05, 3.63) is 22.3 Å². The van der Waals surface area contributed by atoms with E-state index in [1.807, 2.05) is 6.20 Å². The molecule has 80 valence electrons. The minimum absolute atomic E-state index is 0.652. The van der Waals surface area contributed by atoms with E-state index < -0.39 is 0 Å². The number of hydrogen-bond acceptors (Lipinski definition) is 3. The van der Waals surface area contributed by atoms with Gasteiger partial charge in [-0.05, 0) is 46.3 Å². The summed E-state index contributed by atoms with van der Waals surface area (Å²) >= 11 is 3.43. The van der Waals surface area contributed by atoms with Crippen LogP contribution in [-0.4, -0.2) is 24.1 Å². The molecule has 1 saturated carbocycles. The van der Waals surface area contributed by atoms with E-state index in [1.165, 1.54) is 5.56 Å². The quantitative estimate of drug-likeness (QED) is 0.858. The number of rotatable bonds is 2. The van der Waals surface area contributed by atoms with Crippen LogP contribution in [0.15, 0.2) is 16.7 Å². The summed E-state index contributed by atoms with van der Waals surface area (Å²) in [6.45, 7) is 4.42. The fourth-order valence-electron chi connectivity index (χ4n) is 2.48. The Labute approximate surface area is 97.8 Å². The number of nitrogens with one attached hydrogen (secondary N) is 2. The highest BCUT2D eigenvalue weighted by molar-refractivity contribution is 9.10. The maximum absolute atomic E-state index is 4.41. The topological polar surface area (TPSA) is 37.0 Å². The molecule has 1 aromatic rings. The molecule has 2 fully saturated rings. The normalized spacial score (nSPS) is 32.5. The van der Waals surface area contributed by atoms with Crippen LogP contribution in [0.2, 0.25) is 0 Å². The van der Waals surface area contributed by atoms with Gasteiger partial charge in [0.15, 0.2) is 0 Å². The number of nitrogens with zero attached hydrogens (tertiary/aromatic N) is 1. The third-order valence-corrected chi connectivity index (χ3v) is 3.87. The molecule has 1 aromatic heterocycles. The van der Waals surface area contributed by atoms with Crippen LogP contribution in [0.25, 0.3) is 0 Å². The van der Waals surface area contributed by atoms with Crippen molar-refractivity contribution >= 4 is 21.7 Å². The molecule has 2 heterocycles. The monoisotopic (exact) mass is 267 g/mol. The maximum Gasteiger partial charge on any atom is 0.129 e. The Bertz CT molecular complexity index is 383.